The van der Waals surface area contributed by atoms with Crippen molar-refractivity contribution in [1.82, 2.24) is 10.6 Å². The SMILES string of the molecule is Cc1cc(OC(C)(C)C(=O)NC23CCC(NC(=O)COc4ccc(Cl)c(F)c4)(CC2)C[C@H]3O)ccc1Cl. The molecule has 3 aliphatic carbocycles. The van der Waals surface area contributed by atoms with Crippen LogP contribution >= 0.6 is 23.2 Å². The number of carbonyl (C=O) groups is 2. The van der Waals surface area contributed by atoms with Crippen molar-refractivity contribution in [3.8, 4) is 11.5 Å². The average molecular weight is 553 g/mol. The molecule has 3 saturated carbocycles. The highest BCUT2D eigenvalue weighted by Gasteiger charge is 2.56. The molecule has 2 amide bonds. The second kappa shape index (κ2) is 10.3. The van der Waals surface area contributed by atoms with Crippen LogP contribution in [0.3, 0.4) is 0 Å². The van der Waals surface area contributed by atoms with E-state index in [1.165, 1.54) is 12.1 Å². The Morgan fingerprint density at radius 2 is 1.70 bits per heavy atom. The maximum absolute atomic E-state index is 13.6. The smallest absolute Gasteiger partial charge is 0.264 e. The van der Waals surface area contributed by atoms with Crippen LogP contribution in [-0.4, -0.2) is 46.3 Å². The van der Waals surface area contributed by atoms with Gasteiger partial charge in [0.1, 0.15) is 17.3 Å². The van der Waals surface area contributed by atoms with Crippen LogP contribution in [0.2, 0.25) is 10.0 Å². The summed E-state index contributed by atoms with van der Waals surface area (Å²) in [6, 6.07) is 9.17. The van der Waals surface area contributed by atoms with Crippen LogP contribution in [0.25, 0.3) is 0 Å². The van der Waals surface area contributed by atoms with Gasteiger partial charge in [-0.15, -0.1) is 0 Å². The molecule has 0 saturated heterocycles. The number of amides is 2. The molecule has 10 heteroatoms. The van der Waals surface area contributed by atoms with E-state index in [2.05, 4.69) is 10.6 Å². The fourth-order valence-corrected chi connectivity index (χ4v) is 5.34. The molecule has 200 valence electrons. The van der Waals surface area contributed by atoms with E-state index < -0.39 is 28.6 Å². The van der Waals surface area contributed by atoms with Gasteiger partial charge in [-0.05, 0) is 88.8 Å². The molecular weight excluding hydrogens is 522 g/mol. The summed E-state index contributed by atoms with van der Waals surface area (Å²) in [7, 11) is 0. The van der Waals surface area contributed by atoms with Gasteiger partial charge in [-0.3, -0.25) is 9.59 Å². The van der Waals surface area contributed by atoms with Gasteiger partial charge in [-0.1, -0.05) is 23.2 Å². The van der Waals surface area contributed by atoms with Gasteiger partial charge in [0, 0.05) is 16.6 Å². The van der Waals surface area contributed by atoms with Crippen LogP contribution in [0.4, 0.5) is 4.39 Å². The Hall–Kier alpha value is -2.55. The van der Waals surface area contributed by atoms with Gasteiger partial charge >= 0.3 is 0 Å². The molecule has 37 heavy (non-hydrogen) atoms. The van der Waals surface area contributed by atoms with Crippen molar-refractivity contribution < 1.29 is 28.6 Å². The highest BCUT2D eigenvalue weighted by atomic mass is 35.5. The lowest BCUT2D eigenvalue weighted by atomic mass is 9.59. The normalized spacial score (nSPS) is 24.9. The molecule has 0 radical (unpaired) electrons. The summed E-state index contributed by atoms with van der Waals surface area (Å²) in [6.45, 7) is 4.92. The van der Waals surface area contributed by atoms with Crippen molar-refractivity contribution in [3.05, 3.63) is 57.8 Å². The topological polar surface area (TPSA) is 96.9 Å². The summed E-state index contributed by atoms with van der Waals surface area (Å²) >= 11 is 11.8. The van der Waals surface area contributed by atoms with E-state index in [0.29, 0.717) is 42.9 Å². The maximum Gasteiger partial charge on any atom is 0.264 e. The number of hydrogen-bond donors (Lipinski definition) is 3. The summed E-state index contributed by atoms with van der Waals surface area (Å²) in [5.74, 6) is -0.606. The molecule has 3 aliphatic rings. The molecule has 5 rings (SSSR count). The number of benzene rings is 2. The van der Waals surface area contributed by atoms with Gasteiger partial charge < -0.3 is 25.2 Å². The summed E-state index contributed by atoms with van der Waals surface area (Å²) in [6.07, 6.45) is 1.62. The first-order chi connectivity index (χ1) is 17.3. The van der Waals surface area contributed by atoms with Crippen molar-refractivity contribution in [1.29, 1.82) is 0 Å². The third-order valence-electron chi connectivity index (χ3n) is 7.40. The molecule has 7 nitrogen and oxygen atoms in total. The number of fused-ring (bicyclic) bond motifs is 3. The number of ether oxygens (including phenoxy) is 2. The van der Waals surface area contributed by atoms with Gasteiger partial charge in [-0.2, -0.15) is 0 Å². The van der Waals surface area contributed by atoms with Crippen LogP contribution < -0.4 is 20.1 Å². The van der Waals surface area contributed by atoms with E-state index in [-0.39, 0.29) is 29.2 Å². The minimum atomic E-state index is -1.19. The summed E-state index contributed by atoms with van der Waals surface area (Å²) in [5.41, 5.74) is -1.73. The van der Waals surface area contributed by atoms with Crippen LogP contribution in [0, 0.1) is 12.7 Å². The number of aliphatic hydroxyl groups is 1. The first-order valence-corrected chi connectivity index (χ1v) is 12.9. The number of nitrogens with one attached hydrogen (secondary N) is 2. The first kappa shape index (κ1) is 27.5. The molecule has 2 aromatic rings. The molecule has 2 bridgehead atoms. The van der Waals surface area contributed by atoms with E-state index in [0.717, 1.165) is 11.6 Å². The van der Waals surface area contributed by atoms with Crippen molar-refractivity contribution in [2.45, 2.75) is 75.7 Å². The van der Waals surface area contributed by atoms with E-state index in [9.17, 15) is 19.1 Å². The number of carbonyl (C=O) groups excluding carboxylic acids is 2. The van der Waals surface area contributed by atoms with Crippen molar-refractivity contribution in [3.63, 3.8) is 0 Å². The predicted molar refractivity (Wildman–Crippen MR) is 139 cm³/mol. The Labute approximate surface area is 225 Å². The number of aryl methyl sites for hydroxylation is 1. The van der Waals surface area contributed by atoms with Gasteiger partial charge in [0.15, 0.2) is 12.2 Å². The molecule has 3 fully saturated rings. The fourth-order valence-electron chi connectivity index (χ4n) is 5.11. The van der Waals surface area contributed by atoms with E-state index in [1.54, 1.807) is 32.0 Å². The first-order valence-electron chi connectivity index (χ1n) is 12.2. The Kier molecular flexibility index (Phi) is 7.66. The van der Waals surface area contributed by atoms with Crippen LogP contribution in [-0.2, 0) is 9.59 Å². The summed E-state index contributed by atoms with van der Waals surface area (Å²) in [4.78, 5) is 25.8. The lowest BCUT2D eigenvalue weighted by Gasteiger charge is -2.56. The van der Waals surface area contributed by atoms with Crippen LogP contribution in [0.5, 0.6) is 11.5 Å². The zero-order valence-electron chi connectivity index (χ0n) is 21.0. The molecule has 2 aromatic carbocycles. The zero-order chi connectivity index (χ0) is 27.0. The monoisotopic (exact) mass is 552 g/mol. The van der Waals surface area contributed by atoms with E-state index in [1.807, 2.05) is 6.92 Å². The number of hydrogen-bond acceptors (Lipinski definition) is 5. The third-order valence-corrected chi connectivity index (χ3v) is 8.13. The van der Waals surface area contributed by atoms with Gasteiger partial charge in [0.2, 0.25) is 0 Å². The molecular formula is C27H31Cl2FN2O5. The molecule has 1 atom stereocenters. The van der Waals surface area contributed by atoms with Gasteiger partial charge in [0.25, 0.3) is 11.8 Å². The van der Waals surface area contributed by atoms with E-state index >= 15 is 0 Å². The Morgan fingerprint density at radius 1 is 1.05 bits per heavy atom. The Bertz CT molecular complexity index is 1200. The summed E-state index contributed by atoms with van der Waals surface area (Å²) in [5, 5.41) is 17.7. The van der Waals surface area contributed by atoms with Gasteiger partial charge in [0.05, 0.1) is 16.7 Å². The number of rotatable bonds is 8. The quantitative estimate of drug-likeness (QED) is 0.440. The summed E-state index contributed by atoms with van der Waals surface area (Å²) < 4.78 is 25.0. The molecule has 0 unspecified atom stereocenters. The van der Waals surface area contributed by atoms with E-state index in [4.69, 9.17) is 32.7 Å². The standard InChI is InChI=1S/C27H31Cl2FN2O5/c1-16-12-18(5-6-19(16)28)37-25(2,3)24(35)32-27-10-8-26(9-11-27,14-22(27)33)31-23(34)15-36-17-4-7-20(29)21(30)13-17/h4-7,12-13,22,33H,8-11,14-15H2,1-3H3,(H,31,34)(H,32,35)/t22-,26?,27?/m1/s1. The molecule has 0 aromatic heterocycles. The lowest BCUT2D eigenvalue weighted by Crippen LogP contribution is -2.71. The highest BCUT2D eigenvalue weighted by molar-refractivity contribution is 6.31. The maximum atomic E-state index is 13.6. The zero-order valence-corrected chi connectivity index (χ0v) is 22.5. The second-order valence-corrected chi connectivity index (χ2v) is 11.4. The Balaban J connectivity index is 1.34. The predicted octanol–water partition coefficient (Wildman–Crippen LogP) is 4.73. The minimum absolute atomic E-state index is 0.0281. The highest BCUT2D eigenvalue weighted by Crippen LogP contribution is 2.47. The minimum Gasteiger partial charge on any atom is -0.484 e. The molecule has 0 aliphatic heterocycles. The number of halogens is 3. The lowest BCUT2D eigenvalue weighted by molar-refractivity contribution is -0.145. The van der Waals surface area contributed by atoms with Gasteiger partial charge in [-0.25, -0.2) is 4.39 Å². The third kappa shape index (κ3) is 5.97. The van der Waals surface area contributed by atoms with Crippen LogP contribution in [0.1, 0.15) is 51.5 Å². The van der Waals surface area contributed by atoms with Crippen molar-refractivity contribution in [2.75, 3.05) is 6.61 Å². The molecule has 0 heterocycles. The average Bonchev–Trinajstić information content (AvgIpc) is 2.83. The van der Waals surface area contributed by atoms with Crippen LogP contribution in [0.15, 0.2) is 36.4 Å². The Morgan fingerprint density at radius 3 is 2.32 bits per heavy atom. The van der Waals surface area contributed by atoms with Crippen molar-refractivity contribution >= 4 is 35.0 Å². The molecule has 3 N–H and O–H groups in total. The largest absolute Gasteiger partial charge is 0.484 e. The molecule has 0 spiro atoms. The second-order valence-electron chi connectivity index (χ2n) is 10.5. The fraction of sp³-hybridized carbons (Fsp3) is 0.481. The van der Waals surface area contributed by atoms with Crippen molar-refractivity contribution in [2.24, 2.45) is 0 Å². The number of aliphatic hydroxyl groups excluding tert-OH is 1.